The fourth-order valence-corrected chi connectivity index (χ4v) is 3.21. The number of nitrogens with one attached hydrogen (secondary N) is 1. The van der Waals surface area contributed by atoms with Crippen molar-refractivity contribution in [1.82, 2.24) is 20.0 Å². The Morgan fingerprint density at radius 2 is 1.96 bits per heavy atom. The maximum absolute atomic E-state index is 11.8. The summed E-state index contributed by atoms with van der Waals surface area (Å²) in [5, 5.41) is 1.30. The number of carbonyl (C=O) groups is 1. The van der Waals surface area contributed by atoms with E-state index in [2.05, 4.69) is 15.4 Å². The van der Waals surface area contributed by atoms with Crippen molar-refractivity contribution in [3.8, 4) is 16.9 Å². The summed E-state index contributed by atoms with van der Waals surface area (Å²) in [6.07, 6.45) is 5.27. The number of carbonyl (C=O) groups excluding carboxylic acids is 1. The second kappa shape index (κ2) is 6.59. The lowest BCUT2D eigenvalue weighted by Gasteiger charge is -2.09. The summed E-state index contributed by atoms with van der Waals surface area (Å²) < 4.78 is 2.01. The van der Waals surface area contributed by atoms with Crippen molar-refractivity contribution in [2.75, 3.05) is 0 Å². The minimum atomic E-state index is -0.528. The topological polar surface area (TPSA) is 85.8 Å². The Morgan fingerprint density at radius 1 is 1.08 bits per heavy atom. The Morgan fingerprint density at radius 3 is 2.73 bits per heavy atom. The molecule has 26 heavy (non-hydrogen) atoms. The van der Waals surface area contributed by atoms with E-state index in [-0.39, 0.29) is 10.7 Å². The van der Waals surface area contributed by atoms with E-state index in [1.807, 2.05) is 53.2 Å². The second-order valence-corrected chi connectivity index (χ2v) is 6.02. The zero-order valence-corrected chi connectivity index (χ0v) is 14.3. The van der Waals surface area contributed by atoms with Gasteiger partial charge in [0.2, 0.25) is 0 Å². The lowest BCUT2D eigenvalue weighted by atomic mass is 10.0. The van der Waals surface area contributed by atoms with Gasteiger partial charge in [-0.2, -0.15) is 0 Å². The molecule has 0 saturated heterocycles. The van der Waals surface area contributed by atoms with Crippen LogP contribution in [0.25, 0.3) is 27.8 Å². The van der Waals surface area contributed by atoms with Gasteiger partial charge in [0.15, 0.2) is 0 Å². The highest BCUT2D eigenvalue weighted by Crippen LogP contribution is 2.32. The molecule has 0 atom stereocenters. The van der Waals surface area contributed by atoms with Gasteiger partial charge < -0.3 is 4.57 Å². The first kappa shape index (κ1) is 16.3. The highest BCUT2D eigenvalue weighted by molar-refractivity contribution is 6.36. The molecule has 0 bridgehead atoms. The molecule has 7 heteroatoms. The third-order valence-electron chi connectivity index (χ3n) is 4.13. The molecule has 0 saturated carbocycles. The van der Waals surface area contributed by atoms with Gasteiger partial charge in [-0.15, -0.1) is 0 Å². The zero-order chi connectivity index (χ0) is 18.1. The molecule has 0 aliphatic heterocycles. The van der Waals surface area contributed by atoms with Gasteiger partial charge in [-0.25, -0.2) is 15.8 Å². The molecular formula is C19H14ClN5O. The van der Waals surface area contributed by atoms with Gasteiger partial charge in [0, 0.05) is 29.5 Å². The maximum atomic E-state index is 11.8. The molecule has 0 unspecified atom stereocenters. The van der Waals surface area contributed by atoms with Crippen molar-refractivity contribution >= 4 is 28.4 Å². The monoisotopic (exact) mass is 363 g/mol. The molecule has 128 valence electrons. The molecule has 1 amide bonds. The number of benzene rings is 1. The van der Waals surface area contributed by atoms with Gasteiger partial charge in [0.25, 0.3) is 5.91 Å². The number of hydrogen-bond acceptors (Lipinski definition) is 4. The van der Waals surface area contributed by atoms with Crippen LogP contribution < -0.4 is 11.3 Å². The molecular weight excluding hydrogens is 350 g/mol. The fourth-order valence-electron chi connectivity index (χ4n) is 2.90. The largest absolute Gasteiger partial charge is 0.301 e. The Kier molecular flexibility index (Phi) is 4.12. The van der Waals surface area contributed by atoms with E-state index in [4.69, 9.17) is 17.4 Å². The van der Waals surface area contributed by atoms with Crippen LogP contribution in [-0.4, -0.2) is 20.4 Å². The van der Waals surface area contributed by atoms with E-state index in [1.54, 1.807) is 12.3 Å². The molecule has 0 aliphatic rings. The van der Waals surface area contributed by atoms with Crippen LogP contribution in [0.2, 0.25) is 5.02 Å². The molecule has 0 aliphatic carbocycles. The Labute approximate surface area is 154 Å². The quantitative estimate of drug-likeness (QED) is 0.332. The summed E-state index contributed by atoms with van der Waals surface area (Å²) in [7, 11) is 0. The van der Waals surface area contributed by atoms with Crippen LogP contribution in [0.3, 0.4) is 0 Å². The molecule has 3 N–H and O–H groups in total. The van der Waals surface area contributed by atoms with E-state index in [0.717, 1.165) is 22.3 Å². The number of fused-ring (bicyclic) bond motifs is 1. The minimum Gasteiger partial charge on any atom is -0.301 e. The van der Waals surface area contributed by atoms with Gasteiger partial charge in [-0.3, -0.25) is 10.2 Å². The van der Waals surface area contributed by atoms with Crippen LogP contribution >= 0.6 is 11.6 Å². The zero-order valence-electron chi connectivity index (χ0n) is 13.6. The number of nitrogens with two attached hydrogens (primary N) is 1. The number of nitrogen functional groups attached to an aromatic ring is 1. The first-order chi connectivity index (χ1) is 12.7. The highest BCUT2D eigenvalue weighted by Gasteiger charge is 2.16. The molecule has 3 aromatic heterocycles. The number of nitrogens with zero attached hydrogens (tertiary/aromatic N) is 3. The van der Waals surface area contributed by atoms with Gasteiger partial charge >= 0.3 is 0 Å². The molecule has 0 spiro atoms. The number of rotatable bonds is 3. The third kappa shape index (κ3) is 2.71. The predicted molar refractivity (Wildman–Crippen MR) is 101 cm³/mol. The van der Waals surface area contributed by atoms with Crippen LogP contribution in [0, 0.1) is 0 Å². The average molecular weight is 364 g/mol. The summed E-state index contributed by atoms with van der Waals surface area (Å²) in [6, 6.07) is 15.5. The normalized spacial score (nSPS) is 10.8. The molecule has 0 radical (unpaired) electrons. The van der Waals surface area contributed by atoms with Crippen molar-refractivity contribution in [3.05, 3.63) is 77.8 Å². The van der Waals surface area contributed by atoms with Crippen LogP contribution in [0.15, 0.2) is 67.1 Å². The molecule has 6 nitrogen and oxygen atoms in total. The molecule has 3 heterocycles. The smallest absolute Gasteiger partial charge is 0.285 e. The second-order valence-electron chi connectivity index (χ2n) is 5.64. The number of amides is 1. The number of hydrogen-bond donors (Lipinski definition) is 2. The van der Waals surface area contributed by atoms with Crippen molar-refractivity contribution in [3.63, 3.8) is 0 Å². The molecule has 4 aromatic rings. The first-order valence-electron chi connectivity index (χ1n) is 7.87. The molecule has 4 rings (SSSR count). The molecule has 1 aromatic carbocycles. The average Bonchev–Trinajstić information content (AvgIpc) is 3.11. The number of halogens is 1. The SMILES string of the molecule is NNC(=O)c1nccc(-c2ccc3c(ccn3-c3ccccn3)c2)c1Cl. The van der Waals surface area contributed by atoms with Crippen LogP contribution in [0.1, 0.15) is 10.5 Å². The Balaban J connectivity index is 1.82. The minimum absolute atomic E-state index is 0.0952. The summed E-state index contributed by atoms with van der Waals surface area (Å²) in [4.78, 5) is 20.2. The predicted octanol–water partition coefficient (Wildman–Crippen LogP) is 3.34. The lowest BCUT2D eigenvalue weighted by molar-refractivity contribution is 0.0949. The van der Waals surface area contributed by atoms with Crippen LogP contribution in [-0.2, 0) is 0 Å². The Bertz CT molecular complexity index is 1110. The summed E-state index contributed by atoms with van der Waals surface area (Å²) in [6.45, 7) is 0. The van der Waals surface area contributed by atoms with Crippen LogP contribution in [0.5, 0.6) is 0 Å². The van der Waals surface area contributed by atoms with E-state index >= 15 is 0 Å². The van der Waals surface area contributed by atoms with Gasteiger partial charge in [-0.05, 0) is 42.0 Å². The lowest BCUT2D eigenvalue weighted by Crippen LogP contribution is -2.31. The van der Waals surface area contributed by atoms with Crippen LogP contribution in [0.4, 0.5) is 0 Å². The van der Waals surface area contributed by atoms with Gasteiger partial charge in [0.1, 0.15) is 11.5 Å². The van der Waals surface area contributed by atoms with E-state index < -0.39 is 5.91 Å². The Hall–Kier alpha value is -3.22. The highest BCUT2D eigenvalue weighted by atomic mass is 35.5. The van der Waals surface area contributed by atoms with Crippen molar-refractivity contribution in [1.29, 1.82) is 0 Å². The number of aromatic nitrogens is 3. The summed E-state index contributed by atoms with van der Waals surface area (Å²) in [5.41, 5.74) is 4.78. The third-order valence-corrected chi connectivity index (χ3v) is 4.52. The first-order valence-corrected chi connectivity index (χ1v) is 8.25. The molecule has 0 fully saturated rings. The fraction of sp³-hybridized carbons (Fsp3) is 0. The van der Waals surface area contributed by atoms with Crippen molar-refractivity contribution in [2.24, 2.45) is 5.84 Å². The van der Waals surface area contributed by atoms with E-state index in [9.17, 15) is 4.79 Å². The van der Waals surface area contributed by atoms with Crippen molar-refractivity contribution in [2.45, 2.75) is 0 Å². The van der Waals surface area contributed by atoms with E-state index in [1.165, 1.54) is 6.20 Å². The van der Waals surface area contributed by atoms with Gasteiger partial charge in [0.05, 0.1) is 10.5 Å². The maximum Gasteiger partial charge on any atom is 0.285 e. The summed E-state index contributed by atoms with van der Waals surface area (Å²) >= 11 is 6.38. The number of pyridine rings is 2. The van der Waals surface area contributed by atoms with E-state index in [0.29, 0.717) is 5.56 Å². The van der Waals surface area contributed by atoms with Gasteiger partial charge in [-0.1, -0.05) is 23.7 Å². The number of hydrazine groups is 1. The van der Waals surface area contributed by atoms with Crippen molar-refractivity contribution < 1.29 is 4.79 Å². The standard InChI is InChI=1S/C19H14ClN5O/c20-17-14(6-9-23-18(17)19(26)24-21)12-4-5-15-13(11-12)7-10-25(15)16-3-1-2-8-22-16/h1-11H,21H2,(H,24,26). The summed E-state index contributed by atoms with van der Waals surface area (Å²) in [5.74, 6) is 5.51.